The maximum absolute atomic E-state index is 14.1. The van der Waals surface area contributed by atoms with Crippen molar-refractivity contribution in [2.75, 3.05) is 15.9 Å². The fourth-order valence-corrected chi connectivity index (χ4v) is 11.2. The van der Waals surface area contributed by atoms with Crippen molar-refractivity contribution in [2.24, 2.45) is 0 Å². The number of esters is 1. The minimum atomic E-state index is -1.88. The van der Waals surface area contributed by atoms with Crippen LogP contribution in [-0.4, -0.2) is 12.6 Å². The van der Waals surface area contributed by atoms with Gasteiger partial charge in [-0.3, -0.25) is 0 Å². The van der Waals surface area contributed by atoms with Crippen LogP contribution in [0.15, 0.2) is 121 Å². The fraction of sp³-hybridized carbons (Fsp3) is 0.171. The zero-order valence-corrected chi connectivity index (χ0v) is 30.0. The first kappa shape index (κ1) is 34.2. The standard InChI is InChI=1S/C35H36N2O2P2.2ClH.Ni/c1-6-39-35(38)32(25-40(30-19-9-7-10-20-30)31-21-11-8-12-22-31)41-36(33-26(2)15-13-16-27(33)3)23-24-37(41)34-28(4)17-14-18-29(34)5;;;/h7-25H,6H2,1-5H3;2*1H;/q;;;+2/b32-25-;;;. The van der Waals surface area contributed by atoms with E-state index >= 15 is 0 Å². The first-order valence-electron chi connectivity index (χ1n) is 14.3. The topological polar surface area (TPSA) is 32.8 Å². The van der Waals surface area contributed by atoms with Crippen molar-refractivity contribution in [3.8, 4) is 0 Å². The summed E-state index contributed by atoms with van der Waals surface area (Å²) in [5.41, 5.74) is 7.02. The van der Waals surface area contributed by atoms with Gasteiger partial charge in [0.15, 0.2) is 0 Å². The van der Waals surface area contributed by atoms with Crippen molar-refractivity contribution in [2.45, 2.75) is 34.6 Å². The number of rotatable bonds is 8. The summed E-state index contributed by atoms with van der Waals surface area (Å²) in [5.74, 6) is 2.02. The molecule has 1 heterocycles. The zero-order chi connectivity index (χ0) is 31.6. The summed E-state index contributed by atoms with van der Waals surface area (Å²) in [6.45, 7) is 10.8. The van der Waals surface area contributed by atoms with Crippen molar-refractivity contribution in [3.63, 3.8) is 0 Å². The van der Waals surface area contributed by atoms with Crippen LogP contribution in [0.25, 0.3) is 0 Å². The molecule has 232 valence electrons. The first-order chi connectivity index (χ1) is 21.3. The van der Waals surface area contributed by atoms with Crippen LogP contribution in [0.4, 0.5) is 11.4 Å². The number of carbonyl (C=O) groups excluding carboxylic acids is 1. The third-order valence-electron chi connectivity index (χ3n) is 7.38. The molecule has 0 N–H and O–H groups in total. The molecule has 5 rings (SSSR count). The van der Waals surface area contributed by atoms with Gasteiger partial charge in [0.05, 0.1) is 38.3 Å². The van der Waals surface area contributed by atoms with Gasteiger partial charge in [0.1, 0.15) is 16.4 Å². The molecule has 44 heavy (non-hydrogen) atoms. The van der Waals surface area contributed by atoms with Gasteiger partial charge in [-0.1, -0.05) is 72.8 Å². The van der Waals surface area contributed by atoms with Crippen LogP contribution in [0.3, 0.4) is 0 Å². The van der Waals surface area contributed by atoms with Gasteiger partial charge in [0.2, 0.25) is 8.22 Å². The van der Waals surface area contributed by atoms with Crippen molar-refractivity contribution < 1.29 is 22.2 Å². The SMILES string of the molecule is CCOC(=O)/C(=C/[PH+](c1ccccc1)c1ccccc1)[PH+]1N(c2c(C)cccc2C)C=CN1c1c(C)cccc1C.[Cl][Ni][Cl]. The van der Waals surface area contributed by atoms with E-state index in [2.05, 4.69) is 140 Å². The van der Waals surface area contributed by atoms with E-state index in [1.807, 2.05) is 19.1 Å². The molecule has 9 heteroatoms. The molecular formula is C35H38Cl2N2NiO2P2+2. The quantitative estimate of drug-likeness (QED) is 0.0790. The van der Waals surface area contributed by atoms with Crippen LogP contribution < -0.4 is 19.9 Å². The molecule has 0 saturated heterocycles. The molecule has 1 aliphatic heterocycles. The number of nitrogens with zero attached hydrogens (tertiary/aromatic N) is 2. The second kappa shape index (κ2) is 16.6. The van der Waals surface area contributed by atoms with Crippen LogP contribution in [0.5, 0.6) is 0 Å². The number of anilines is 2. The van der Waals surface area contributed by atoms with E-state index in [1.54, 1.807) is 0 Å². The Morgan fingerprint density at radius 2 is 1.11 bits per heavy atom. The molecule has 0 spiro atoms. The average Bonchev–Trinajstić information content (AvgIpc) is 3.42. The number of benzene rings is 4. The molecule has 0 bridgehead atoms. The molecule has 0 aromatic heterocycles. The van der Waals surface area contributed by atoms with Gasteiger partial charge in [-0.2, -0.15) is 9.34 Å². The van der Waals surface area contributed by atoms with Crippen LogP contribution >= 0.6 is 36.5 Å². The number of carbonyl (C=O) groups is 1. The molecule has 0 aliphatic carbocycles. The number of hydrogen-bond acceptors (Lipinski definition) is 4. The Bertz CT molecular complexity index is 1480. The summed E-state index contributed by atoms with van der Waals surface area (Å²) in [6.07, 6.45) is 4.31. The normalized spacial score (nSPS) is 13.3. The van der Waals surface area contributed by atoms with Crippen molar-refractivity contribution in [3.05, 3.63) is 143 Å². The second-order valence-electron chi connectivity index (χ2n) is 10.3. The Labute approximate surface area is 278 Å². The van der Waals surface area contributed by atoms with E-state index < -0.39 is 16.1 Å². The molecule has 0 amide bonds. The van der Waals surface area contributed by atoms with E-state index in [0.717, 1.165) is 16.7 Å². The molecule has 4 nitrogen and oxygen atoms in total. The molecule has 0 unspecified atom stereocenters. The number of para-hydroxylation sites is 2. The predicted molar refractivity (Wildman–Crippen MR) is 191 cm³/mol. The van der Waals surface area contributed by atoms with E-state index in [1.165, 1.54) is 32.9 Å². The van der Waals surface area contributed by atoms with Crippen molar-refractivity contribution in [1.82, 2.24) is 0 Å². The summed E-state index contributed by atoms with van der Waals surface area (Å²) < 4.78 is 10.5. The summed E-state index contributed by atoms with van der Waals surface area (Å²) in [5, 5.41) is 3.21. The van der Waals surface area contributed by atoms with Crippen molar-refractivity contribution >= 4 is 64.5 Å². The van der Waals surface area contributed by atoms with Gasteiger partial charge >= 0.3 is 39.0 Å². The molecular weight excluding hydrogens is 672 g/mol. The Hall–Kier alpha value is -2.64. The van der Waals surface area contributed by atoms with Gasteiger partial charge in [0.25, 0.3) is 5.31 Å². The molecule has 0 saturated carbocycles. The number of hydrogen-bond donors (Lipinski definition) is 0. The van der Waals surface area contributed by atoms with Gasteiger partial charge in [-0.05, 0) is 81.1 Å². The van der Waals surface area contributed by atoms with Crippen LogP contribution in [-0.2, 0) is 22.2 Å². The van der Waals surface area contributed by atoms with E-state index in [-0.39, 0.29) is 5.97 Å². The summed E-state index contributed by atoms with van der Waals surface area (Å²) in [4.78, 5) is 14.1. The molecule has 0 fully saturated rings. The summed E-state index contributed by atoms with van der Waals surface area (Å²) in [6, 6.07) is 33.9. The first-order valence-corrected chi connectivity index (χ1v) is 20.0. The monoisotopic (exact) mass is 708 g/mol. The predicted octanol–water partition coefficient (Wildman–Crippen LogP) is 9.41. The fourth-order valence-electron chi connectivity index (χ4n) is 5.52. The Morgan fingerprint density at radius 1 is 0.727 bits per heavy atom. The Kier molecular flexibility index (Phi) is 12.9. The van der Waals surface area contributed by atoms with Gasteiger partial charge in [-0.15, -0.1) is 0 Å². The Morgan fingerprint density at radius 3 is 1.48 bits per heavy atom. The molecule has 4 aromatic rings. The van der Waals surface area contributed by atoms with Crippen molar-refractivity contribution in [1.29, 1.82) is 0 Å². The van der Waals surface area contributed by atoms with Crippen LogP contribution in [0, 0.1) is 27.7 Å². The van der Waals surface area contributed by atoms with Crippen LogP contribution in [0.2, 0.25) is 0 Å². The summed E-state index contributed by atoms with van der Waals surface area (Å²) >= 11 is 0.569. The zero-order valence-electron chi connectivity index (χ0n) is 25.5. The second-order valence-corrected chi connectivity index (χ2v) is 16.4. The van der Waals surface area contributed by atoms with E-state index in [4.69, 9.17) is 25.1 Å². The van der Waals surface area contributed by atoms with Gasteiger partial charge in [-0.25, -0.2) is 4.79 Å². The molecule has 0 radical (unpaired) electrons. The molecule has 1 aliphatic rings. The third-order valence-corrected chi connectivity index (χ3v) is 12.6. The number of aryl methyl sites for hydroxylation is 4. The maximum atomic E-state index is 14.1. The summed E-state index contributed by atoms with van der Waals surface area (Å²) in [7, 11) is 6.05. The molecule has 4 aromatic carbocycles. The van der Waals surface area contributed by atoms with Crippen LogP contribution in [0.1, 0.15) is 29.2 Å². The average molecular weight is 710 g/mol. The Balaban J connectivity index is 0.00000141. The van der Waals surface area contributed by atoms with Gasteiger partial charge in [0, 0.05) is 0 Å². The minimum absolute atomic E-state index is 0.244. The van der Waals surface area contributed by atoms with E-state index in [0.29, 0.717) is 19.3 Å². The number of ether oxygens (including phenoxy) is 1. The van der Waals surface area contributed by atoms with Gasteiger partial charge < -0.3 is 4.74 Å². The third kappa shape index (κ3) is 7.95. The van der Waals surface area contributed by atoms with E-state index in [9.17, 15) is 4.79 Å². The molecule has 0 atom stereocenters. The number of halogens is 2.